The molecule has 0 radical (unpaired) electrons. The van der Waals surface area contributed by atoms with E-state index < -0.39 is 18.1 Å². The molecule has 1 fully saturated rings. The number of benzene rings is 1. The molecule has 2 aliphatic heterocycles. The van der Waals surface area contributed by atoms with E-state index in [-0.39, 0.29) is 30.8 Å². The number of fused-ring (bicyclic) bond motifs is 2. The minimum atomic E-state index is -1.17. The SMILES string of the molecule is O=C1Nc2ccc(C3C=CC=CC3F)cc2C(=O)N2CCN(C(=O)c3cccs3)C[C@H]12. The number of anilines is 1. The zero-order valence-corrected chi connectivity index (χ0v) is 17.3. The first kappa shape index (κ1) is 19.7. The molecule has 3 atom stereocenters. The number of alkyl halides is 1. The Hall–Kier alpha value is -3.26. The van der Waals surface area contributed by atoms with Crippen LogP contribution in [0.2, 0.25) is 0 Å². The average Bonchev–Trinajstić information content (AvgIpc) is 3.30. The van der Waals surface area contributed by atoms with Crippen molar-refractivity contribution in [3.05, 3.63) is 76.0 Å². The summed E-state index contributed by atoms with van der Waals surface area (Å²) in [5.74, 6) is -1.22. The van der Waals surface area contributed by atoms with E-state index >= 15 is 0 Å². The van der Waals surface area contributed by atoms with E-state index in [1.165, 1.54) is 22.3 Å². The smallest absolute Gasteiger partial charge is 0.264 e. The van der Waals surface area contributed by atoms with Gasteiger partial charge in [0.15, 0.2) is 0 Å². The molecule has 1 aromatic heterocycles. The van der Waals surface area contributed by atoms with Crippen LogP contribution >= 0.6 is 11.3 Å². The summed E-state index contributed by atoms with van der Waals surface area (Å²) in [6, 6.07) is 7.86. The van der Waals surface area contributed by atoms with Crippen LogP contribution < -0.4 is 5.32 Å². The summed E-state index contributed by atoms with van der Waals surface area (Å²) in [6.07, 6.45) is 5.54. The first-order valence-electron chi connectivity index (χ1n) is 10.1. The predicted molar refractivity (Wildman–Crippen MR) is 116 cm³/mol. The number of carbonyl (C=O) groups is 3. The van der Waals surface area contributed by atoms with Crippen LogP contribution in [0, 0.1) is 0 Å². The normalized spacial score (nSPS) is 25.0. The Kier molecular flexibility index (Phi) is 4.94. The molecule has 5 rings (SSSR count). The van der Waals surface area contributed by atoms with E-state index in [2.05, 4.69) is 5.32 Å². The van der Waals surface area contributed by atoms with E-state index in [1.54, 1.807) is 47.4 Å². The lowest BCUT2D eigenvalue weighted by Gasteiger charge is -2.39. The number of hydrogen-bond acceptors (Lipinski definition) is 4. The molecule has 31 heavy (non-hydrogen) atoms. The van der Waals surface area contributed by atoms with Crippen molar-refractivity contribution < 1.29 is 18.8 Å². The monoisotopic (exact) mass is 437 g/mol. The lowest BCUT2D eigenvalue weighted by molar-refractivity contribution is -0.121. The van der Waals surface area contributed by atoms with Gasteiger partial charge in [0.25, 0.3) is 11.8 Å². The summed E-state index contributed by atoms with van der Waals surface area (Å²) in [7, 11) is 0. The number of nitrogens with zero attached hydrogens (tertiary/aromatic N) is 2. The van der Waals surface area contributed by atoms with E-state index in [0.29, 0.717) is 28.2 Å². The van der Waals surface area contributed by atoms with Crippen molar-refractivity contribution in [1.29, 1.82) is 0 Å². The second-order valence-corrected chi connectivity index (χ2v) is 8.72. The second kappa shape index (κ2) is 7.77. The molecule has 6 nitrogen and oxygen atoms in total. The Morgan fingerprint density at radius 1 is 1.13 bits per heavy atom. The molecule has 0 bridgehead atoms. The summed E-state index contributed by atoms with van der Waals surface area (Å²) in [5, 5.41) is 4.66. The largest absolute Gasteiger partial charge is 0.334 e. The average molecular weight is 437 g/mol. The van der Waals surface area contributed by atoms with Crippen LogP contribution in [0.25, 0.3) is 0 Å². The molecule has 3 heterocycles. The van der Waals surface area contributed by atoms with Crippen molar-refractivity contribution in [2.24, 2.45) is 0 Å². The Balaban J connectivity index is 1.42. The highest BCUT2D eigenvalue weighted by Gasteiger charge is 2.41. The third kappa shape index (κ3) is 3.46. The van der Waals surface area contributed by atoms with E-state index in [1.807, 2.05) is 11.4 Å². The molecule has 3 amide bonds. The van der Waals surface area contributed by atoms with Crippen LogP contribution in [0.5, 0.6) is 0 Å². The van der Waals surface area contributed by atoms with Gasteiger partial charge in [0, 0.05) is 19.0 Å². The topological polar surface area (TPSA) is 69.7 Å². The zero-order valence-electron chi connectivity index (χ0n) is 16.5. The molecule has 1 saturated heterocycles. The van der Waals surface area contributed by atoms with Crippen LogP contribution in [0.15, 0.2) is 60.0 Å². The van der Waals surface area contributed by atoms with Gasteiger partial charge >= 0.3 is 0 Å². The van der Waals surface area contributed by atoms with Crippen molar-refractivity contribution in [3.8, 4) is 0 Å². The molecule has 8 heteroatoms. The van der Waals surface area contributed by atoms with Gasteiger partial charge in [-0.15, -0.1) is 11.3 Å². The zero-order chi connectivity index (χ0) is 21.5. The quantitative estimate of drug-likeness (QED) is 0.785. The summed E-state index contributed by atoms with van der Waals surface area (Å²) >= 11 is 1.35. The van der Waals surface area contributed by atoms with E-state index in [9.17, 15) is 18.8 Å². The number of hydrogen-bond donors (Lipinski definition) is 1. The van der Waals surface area contributed by atoms with Crippen LogP contribution in [0.4, 0.5) is 10.1 Å². The number of thiophene rings is 1. The second-order valence-electron chi connectivity index (χ2n) is 7.78. The molecule has 0 spiro atoms. The molecule has 158 valence electrons. The standard InChI is InChI=1S/C23H20FN3O3S/c24-17-5-2-1-4-15(17)14-7-8-18-16(12-14)22(29)27-10-9-26(13-19(27)21(28)25-18)23(30)20-6-3-11-31-20/h1-8,11-12,15,17,19H,9-10,13H2,(H,25,28)/t15?,17?,19-/m1/s1. The van der Waals surface area contributed by atoms with Gasteiger partial charge in [-0.2, -0.15) is 0 Å². The molecule has 2 aromatic rings. The molecule has 2 unspecified atom stereocenters. The number of amides is 3. The van der Waals surface area contributed by atoms with Gasteiger partial charge < -0.3 is 15.1 Å². The molecule has 1 aromatic carbocycles. The summed E-state index contributed by atoms with van der Waals surface area (Å²) < 4.78 is 14.4. The highest BCUT2D eigenvalue weighted by molar-refractivity contribution is 7.12. The summed E-state index contributed by atoms with van der Waals surface area (Å²) in [4.78, 5) is 42.8. The summed E-state index contributed by atoms with van der Waals surface area (Å²) in [6.45, 7) is 0.747. The van der Waals surface area contributed by atoms with Gasteiger partial charge in [-0.3, -0.25) is 14.4 Å². The molecule has 3 aliphatic rings. The lowest BCUT2D eigenvalue weighted by atomic mass is 9.89. The highest BCUT2D eigenvalue weighted by Crippen LogP contribution is 2.33. The first-order chi connectivity index (χ1) is 15.0. The third-order valence-corrected chi connectivity index (χ3v) is 6.81. The van der Waals surface area contributed by atoms with E-state index in [0.717, 1.165) is 0 Å². The lowest BCUT2D eigenvalue weighted by Crippen LogP contribution is -2.59. The molecular weight excluding hydrogens is 417 g/mol. The number of nitrogens with one attached hydrogen (secondary N) is 1. The van der Waals surface area contributed by atoms with Gasteiger partial charge in [-0.25, -0.2) is 4.39 Å². The number of rotatable bonds is 2. The molecule has 1 N–H and O–H groups in total. The fourth-order valence-corrected chi connectivity index (χ4v) is 4.98. The van der Waals surface area contributed by atoms with Crippen molar-refractivity contribution in [3.63, 3.8) is 0 Å². The maximum atomic E-state index is 14.4. The number of halogens is 1. The van der Waals surface area contributed by atoms with Gasteiger partial charge in [0.2, 0.25) is 5.91 Å². The third-order valence-electron chi connectivity index (χ3n) is 5.95. The highest BCUT2D eigenvalue weighted by atomic mass is 32.1. The van der Waals surface area contributed by atoms with E-state index in [4.69, 9.17) is 0 Å². The summed E-state index contributed by atoms with van der Waals surface area (Å²) in [5.41, 5.74) is 1.44. The Labute approximate surface area is 182 Å². The molecular formula is C23H20FN3O3S. The Bertz CT molecular complexity index is 1110. The number of piperazine rings is 1. The van der Waals surface area contributed by atoms with Crippen LogP contribution in [-0.2, 0) is 4.79 Å². The Morgan fingerprint density at radius 2 is 1.97 bits per heavy atom. The van der Waals surface area contributed by atoms with Gasteiger partial charge in [0.1, 0.15) is 12.2 Å². The van der Waals surface area contributed by atoms with Gasteiger partial charge in [0.05, 0.1) is 22.7 Å². The van der Waals surface area contributed by atoms with Crippen LogP contribution in [0.1, 0.15) is 31.5 Å². The minimum Gasteiger partial charge on any atom is -0.334 e. The van der Waals surface area contributed by atoms with Crippen LogP contribution in [-0.4, -0.2) is 59.4 Å². The minimum absolute atomic E-state index is 0.134. The van der Waals surface area contributed by atoms with Crippen LogP contribution in [0.3, 0.4) is 0 Å². The number of allylic oxidation sites excluding steroid dienone is 4. The van der Waals surface area contributed by atoms with Crippen molar-refractivity contribution in [2.75, 3.05) is 25.0 Å². The maximum Gasteiger partial charge on any atom is 0.264 e. The van der Waals surface area contributed by atoms with Gasteiger partial charge in [-0.05, 0) is 35.2 Å². The predicted octanol–water partition coefficient (Wildman–Crippen LogP) is 3.21. The molecule has 0 saturated carbocycles. The van der Waals surface area contributed by atoms with Crippen molar-refractivity contribution in [2.45, 2.75) is 18.1 Å². The fourth-order valence-electron chi connectivity index (χ4n) is 4.29. The van der Waals surface area contributed by atoms with Crippen molar-refractivity contribution >= 4 is 34.7 Å². The first-order valence-corrected chi connectivity index (χ1v) is 11.0. The molecule has 1 aliphatic carbocycles. The Morgan fingerprint density at radius 3 is 2.74 bits per heavy atom. The maximum absolute atomic E-state index is 14.4. The fraction of sp³-hybridized carbons (Fsp3) is 0.261. The number of carbonyl (C=O) groups excluding carboxylic acids is 3. The van der Waals surface area contributed by atoms with Crippen molar-refractivity contribution in [1.82, 2.24) is 9.80 Å². The van der Waals surface area contributed by atoms with Gasteiger partial charge in [-0.1, -0.05) is 30.4 Å².